The van der Waals surface area contributed by atoms with E-state index in [2.05, 4.69) is 0 Å². The van der Waals surface area contributed by atoms with E-state index in [0.717, 1.165) is 44.2 Å². The van der Waals surface area contributed by atoms with Crippen LogP contribution >= 0.6 is 0 Å². The molecule has 0 saturated heterocycles. The third-order valence-electron chi connectivity index (χ3n) is 16.6. The molecule has 0 amide bonds. The summed E-state index contributed by atoms with van der Waals surface area (Å²) in [4.78, 5) is 51.8. The molecule has 0 N–H and O–H groups in total. The molecule has 0 atom stereocenters. The lowest BCUT2D eigenvalue weighted by atomic mass is 9.95. The molecule has 0 aliphatic heterocycles. The van der Waals surface area contributed by atoms with E-state index in [-0.39, 0.29) is 22.5 Å². The highest BCUT2D eigenvalue weighted by atomic mass is 19.4. The number of halogens is 3. The first-order valence-electron chi connectivity index (χ1n) is 30.8. The zero-order valence-corrected chi connectivity index (χ0v) is 50.4. The maximum absolute atomic E-state index is 16.5. The lowest BCUT2D eigenvalue weighted by molar-refractivity contribution is -0.137. The van der Waals surface area contributed by atoms with Crippen molar-refractivity contribution in [3.05, 3.63) is 309 Å². The highest BCUT2D eigenvalue weighted by Gasteiger charge is 2.35. The zero-order valence-electron chi connectivity index (χ0n) is 50.4. The van der Waals surface area contributed by atoms with Crippen LogP contribution in [0.15, 0.2) is 303 Å². The van der Waals surface area contributed by atoms with Crippen LogP contribution in [-0.4, -0.2) is 54.4 Å². The van der Waals surface area contributed by atoms with Crippen LogP contribution in [0.4, 0.5) is 13.2 Å². The second kappa shape index (κ2) is 24.4. The summed E-state index contributed by atoms with van der Waals surface area (Å²) in [5, 5.41) is 1.52. The molecular formula is C81H50F3N11. The van der Waals surface area contributed by atoms with E-state index in [1.165, 1.54) is 12.1 Å². The predicted molar refractivity (Wildman–Crippen MR) is 369 cm³/mol. The van der Waals surface area contributed by atoms with Crippen molar-refractivity contribution < 1.29 is 13.2 Å². The summed E-state index contributed by atoms with van der Waals surface area (Å²) in [6.45, 7) is 0. The van der Waals surface area contributed by atoms with Crippen LogP contribution in [0.3, 0.4) is 0 Å². The van der Waals surface area contributed by atoms with Crippen molar-refractivity contribution in [2.24, 2.45) is 0 Å². The molecule has 16 aromatic rings. The maximum Gasteiger partial charge on any atom is 0.416 e. The van der Waals surface area contributed by atoms with Gasteiger partial charge in [0.2, 0.25) is 0 Å². The minimum absolute atomic E-state index is 0.123. The van der Waals surface area contributed by atoms with Gasteiger partial charge in [-0.2, -0.15) is 13.2 Å². The summed E-state index contributed by atoms with van der Waals surface area (Å²) in [5.74, 6) is 3.14. The molecule has 5 heterocycles. The van der Waals surface area contributed by atoms with Gasteiger partial charge in [0.05, 0.1) is 45.1 Å². The molecule has 11 aromatic carbocycles. The maximum atomic E-state index is 16.5. The van der Waals surface area contributed by atoms with Gasteiger partial charge >= 0.3 is 6.18 Å². The summed E-state index contributed by atoms with van der Waals surface area (Å²) in [7, 11) is 0. The van der Waals surface area contributed by atoms with Crippen molar-refractivity contribution in [1.29, 1.82) is 0 Å². The van der Waals surface area contributed by atoms with Gasteiger partial charge in [-0.3, -0.25) is 0 Å². The van der Waals surface area contributed by atoms with Crippen LogP contribution in [0, 0.1) is 0 Å². The highest BCUT2D eigenvalue weighted by Crippen LogP contribution is 2.47. The van der Waals surface area contributed by atoms with Gasteiger partial charge in [-0.05, 0) is 36.4 Å². The van der Waals surface area contributed by atoms with Gasteiger partial charge in [0.25, 0.3) is 0 Å². The quantitative estimate of drug-likeness (QED) is 0.110. The van der Waals surface area contributed by atoms with Crippen LogP contribution in [0.5, 0.6) is 0 Å². The fourth-order valence-electron chi connectivity index (χ4n) is 12.0. The van der Waals surface area contributed by atoms with Crippen LogP contribution in [0.25, 0.3) is 164 Å². The first-order valence-corrected chi connectivity index (χ1v) is 30.8. The predicted octanol–water partition coefficient (Wildman–Crippen LogP) is 19.8. The Kier molecular flexibility index (Phi) is 14.7. The van der Waals surface area contributed by atoms with E-state index < -0.39 is 11.7 Å². The van der Waals surface area contributed by atoms with Crippen molar-refractivity contribution in [1.82, 2.24) is 54.4 Å². The second-order valence-electron chi connectivity index (χ2n) is 22.7. The van der Waals surface area contributed by atoms with E-state index in [0.29, 0.717) is 97.0 Å². The first-order chi connectivity index (χ1) is 46.7. The largest absolute Gasteiger partial charge is 0.416 e. The van der Waals surface area contributed by atoms with Crippen molar-refractivity contribution in [2.45, 2.75) is 6.18 Å². The third-order valence-corrected chi connectivity index (χ3v) is 16.6. The minimum Gasteiger partial charge on any atom is -0.308 e. The number of fused-ring (bicyclic) bond motifs is 3. The van der Waals surface area contributed by atoms with Gasteiger partial charge in [-0.1, -0.05) is 267 Å². The molecule has 95 heavy (non-hydrogen) atoms. The highest BCUT2D eigenvalue weighted by molar-refractivity contribution is 6.12. The van der Waals surface area contributed by atoms with Gasteiger partial charge in [0, 0.05) is 77.5 Å². The number of nitrogens with zero attached hydrogens (tertiary/aromatic N) is 11. The summed E-state index contributed by atoms with van der Waals surface area (Å²) in [6.07, 6.45) is -4.89. The monoisotopic (exact) mass is 1230 g/mol. The third kappa shape index (κ3) is 11.4. The Hall–Kier alpha value is -12.8. The number of aromatic nitrogens is 11. The smallest absolute Gasteiger partial charge is 0.308 e. The Morgan fingerprint density at radius 2 is 0.463 bits per heavy atom. The molecule has 0 radical (unpaired) electrons. The van der Waals surface area contributed by atoms with Crippen molar-refractivity contribution in [3.8, 4) is 142 Å². The van der Waals surface area contributed by atoms with Crippen molar-refractivity contribution in [3.63, 3.8) is 0 Å². The van der Waals surface area contributed by atoms with Gasteiger partial charge in [0.1, 0.15) is 0 Å². The molecule has 11 nitrogen and oxygen atoms in total. The summed E-state index contributed by atoms with van der Waals surface area (Å²) < 4.78 is 51.6. The number of hydrogen-bond acceptors (Lipinski definition) is 10. The average molecular weight is 1230 g/mol. The molecular weight excluding hydrogens is 1180 g/mol. The lowest BCUT2D eigenvalue weighted by Crippen LogP contribution is -2.10. The summed E-state index contributed by atoms with van der Waals surface area (Å²) in [5.41, 5.74) is 9.30. The van der Waals surface area contributed by atoms with Crippen LogP contribution < -0.4 is 0 Å². The van der Waals surface area contributed by atoms with Crippen LogP contribution in [0.1, 0.15) is 5.56 Å². The van der Waals surface area contributed by atoms with Gasteiger partial charge in [-0.15, -0.1) is 0 Å². The van der Waals surface area contributed by atoms with E-state index in [4.69, 9.17) is 49.8 Å². The molecule has 0 bridgehead atoms. The number of alkyl halides is 3. The van der Waals surface area contributed by atoms with Crippen LogP contribution in [-0.2, 0) is 6.18 Å². The Labute approximate surface area is 543 Å². The molecule has 0 saturated carbocycles. The molecule has 16 rings (SSSR count). The molecule has 450 valence electrons. The Bertz CT molecular complexity index is 4930. The average Bonchev–Trinajstić information content (AvgIpc) is 1.38. The van der Waals surface area contributed by atoms with Gasteiger partial charge in [0.15, 0.2) is 46.6 Å². The van der Waals surface area contributed by atoms with Gasteiger partial charge < -0.3 is 4.57 Å². The minimum atomic E-state index is -4.89. The number of rotatable bonds is 13. The number of benzene rings is 11. The lowest BCUT2D eigenvalue weighted by Gasteiger charge is -2.22. The summed E-state index contributed by atoms with van der Waals surface area (Å²) in [6, 6.07) is 94.8. The first kappa shape index (κ1) is 57.4. The van der Waals surface area contributed by atoms with Crippen molar-refractivity contribution in [2.75, 3.05) is 0 Å². The zero-order chi connectivity index (χ0) is 63.8. The normalized spacial score (nSPS) is 11.5. The standard InChI is InChI=1S/C81H50F3N11/c82-81(83,84)61-47-64(68-49-66(51-25-9-1-10-26-51)85-73(87-68)53-29-13-3-14-30-53)72(65(48-61)69-50-67(52-27-11-2-12-28-52)86-74(88-69)54-31-15-4-16-32-54)95-70-45-59(79-91-75(55-33-17-5-18-34-55)89-76(92-79)56-35-19-6-20-36-56)41-43-62(70)63-44-42-60(46-71(63)95)80-93-77(57-37-21-7-22-38-57)90-78(94-80)58-39-23-8-24-40-58/h1-50H. The molecule has 14 heteroatoms. The van der Waals surface area contributed by atoms with Crippen molar-refractivity contribution >= 4 is 21.8 Å². The fraction of sp³-hybridized carbons (Fsp3) is 0.0123. The molecule has 0 spiro atoms. The van der Waals surface area contributed by atoms with E-state index in [9.17, 15) is 0 Å². The van der Waals surface area contributed by atoms with E-state index >= 15 is 13.2 Å². The number of hydrogen-bond donors (Lipinski definition) is 0. The van der Waals surface area contributed by atoms with Gasteiger partial charge in [-0.25, -0.2) is 49.8 Å². The molecule has 0 unspecified atom stereocenters. The Morgan fingerprint density at radius 1 is 0.221 bits per heavy atom. The van der Waals surface area contributed by atoms with E-state index in [1.54, 1.807) is 12.1 Å². The second-order valence-corrected chi connectivity index (χ2v) is 22.7. The molecule has 0 aliphatic rings. The Morgan fingerprint density at radius 3 is 0.737 bits per heavy atom. The molecule has 0 aliphatic carbocycles. The van der Waals surface area contributed by atoms with E-state index in [1.807, 2.05) is 284 Å². The fourth-order valence-corrected chi connectivity index (χ4v) is 12.0. The SMILES string of the molecule is FC(F)(F)c1cc(-c2cc(-c3ccccc3)nc(-c3ccccc3)n2)c(-n2c3cc(-c4nc(-c5ccccc5)nc(-c5ccccc5)n4)ccc3c3ccc(-c4nc(-c5ccccc5)nc(-c5ccccc5)n4)cc32)c(-c2cc(-c3ccccc3)nc(-c3ccccc3)n2)c1. The topological polar surface area (TPSA) is 134 Å². The molecule has 5 aromatic heterocycles. The van der Waals surface area contributed by atoms with Crippen LogP contribution in [0.2, 0.25) is 0 Å². The summed E-state index contributed by atoms with van der Waals surface area (Å²) >= 11 is 0. The Balaban J connectivity index is 1.07. The molecule has 0 fully saturated rings.